The van der Waals surface area contributed by atoms with Gasteiger partial charge in [0.05, 0.1) is 5.56 Å². The molecule has 4 rings (SSSR count). The van der Waals surface area contributed by atoms with Crippen LogP contribution in [-0.2, 0) is 15.7 Å². The van der Waals surface area contributed by atoms with Gasteiger partial charge >= 0.3 is 12.3 Å². The maximum atomic E-state index is 13.1. The minimum Gasteiger partial charge on any atom is -0.440 e. The molecule has 0 N–H and O–H groups in total. The van der Waals surface area contributed by atoms with E-state index in [1.54, 1.807) is 24.3 Å². The highest BCUT2D eigenvalue weighted by Crippen LogP contribution is 2.56. The van der Waals surface area contributed by atoms with E-state index < -0.39 is 35.4 Å². The molecule has 2 fully saturated rings. The summed E-state index contributed by atoms with van der Waals surface area (Å²) < 4.78 is 44.8. The van der Waals surface area contributed by atoms with Gasteiger partial charge in [-0.15, -0.1) is 0 Å². The Kier molecular flexibility index (Phi) is 4.25. The normalized spacial score (nSPS) is 20.6. The van der Waals surface area contributed by atoms with Crippen LogP contribution in [0.15, 0.2) is 60.7 Å². The molecule has 2 aliphatic rings. The van der Waals surface area contributed by atoms with Crippen molar-refractivity contribution < 1.29 is 27.5 Å². The number of ether oxygens (including phenoxy) is 1. The molecule has 2 amide bonds. The number of amides is 2. The number of carbonyl (C=O) groups is 2. The van der Waals surface area contributed by atoms with E-state index in [4.69, 9.17) is 4.74 Å². The Morgan fingerprint density at radius 1 is 1.07 bits per heavy atom. The molecule has 0 unspecified atom stereocenters. The molecule has 1 aliphatic carbocycles. The van der Waals surface area contributed by atoms with Gasteiger partial charge < -0.3 is 4.74 Å². The lowest BCUT2D eigenvalue weighted by Crippen LogP contribution is -2.34. The zero-order valence-electron chi connectivity index (χ0n) is 14.6. The van der Waals surface area contributed by atoms with Crippen molar-refractivity contribution in [1.29, 1.82) is 0 Å². The maximum absolute atomic E-state index is 13.1. The van der Waals surface area contributed by atoms with Gasteiger partial charge in [-0.25, -0.2) is 9.69 Å². The summed E-state index contributed by atoms with van der Waals surface area (Å²) in [6.45, 7) is 0. The van der Waals surface area contributed by atoms with Gasteiger partial charge in [-0.2, -0.15) is 13.2 Å². The summed E-state index contributed by atoms with van der Waals surface area (Å²) >= 11 is 0. The first-order valence-electron chi connectivity index (χ1n) is 8.77. The van der Waals surface area contributed by atoms with Crippen molar-refractivity contribution in [1.82, 2.24) is 4.90 Å². The topological polar surface area (TPSA) is 46.6 Å². The zero-order valence-corrected chi connectivity index (χ0v) is 14.6. The summed E-state index contributed by atoms with van der Waals surface area (Å²) in [7, 11) is 0. The second-order valence-corrected chi connectivity index (χ2v) is 6.87. The summed E-state index contributed by atoms with van der Waals surface area (Å²) in [5.41, 5.74) is -0.968. The fourth-order valence-electron chi connectivity index (χ4n) is 3.57. The minimum atomic E-state index is -4.54. The molecule has 1 aliphatic heterocycles. The van der Waals surface area contributed by atoms with Crippen molar-refractivity contribution in [2.45, 2.75) is 30.7 Å². The van der Waals surface area contributed by atoms with Crippen LogP contribution < -0.4 is 0 Å². The fourth-order valence-corrected chi connectivity index (χ4v) is 3.57. The quantitative estimate of drug-likeness (QED) is 0.699. The van der Waals surface area contributed by atoms with E-state index in [0.717, 1.165) is 28.7 Å². The van der Waals surface area contributed by atoms with E-state index >= 15 is 0 Å². The van der Waals surface area contributed by atoms with Crippen LogP contribution in [0, 0.1) is 0 Å². The van der Waals surface area contributed by atoms with Crippen molar-refractivity contribution in [3.8, 4) is 0 Å². The van der Waals surface area contributed by atoms with E-state index in [1.165, 1.54) is 18.2 Å². The van der Waals surface area contributed by atoms with Crippen LogP contribution in [0.2, 0.25) is 0 Å². The lowest BCUT2D eigenvalue weighted by molar-refractivity contribution is -0.137. The third-order valence-corrected chi connectivity index (χ3v) is 5.01. The van der Waals surface area contributed by atoms with E-state index in [-0.39, 0.29) is 5.56 Å². The van der Waals surface area contributed by atoms with Crippen LogP contribution in [0.3, 0.4) is 0 Å². The van der Waals surface area contributed by atoms with Crippen LogP contribution in [-0.4, -0.2) is 22.5 Å². The number of hydrogen-bond acceptors (Lipinski definition) is 3. The van der Waals surface area contributed by atoms with E-state index in [2.05, 4.69) is 0 Å². The maximum Gasteiger partial charge on any atom is 0.418 e. The van der Waals surface area contributed by atoms with Gasteiger partial charge in [0.1, 0.15) is 11.6 Å². The Morgan fingerprint density at radius 3 is 2.36 bits per heavy atom. The van der Waals surface area contributed by atoms with Gasteiger partial charge in [0.25, 0.3) is 5.91 Å². The molecular weight excluding hydrogens is 371 g/mol. The van der Waals surface area contributed by atoms with Crippen molar-refractivity contribution in [3.63, 3.8) is 0 Å². The molecule has 1 atom stereocenters. The average Bonchev–Trinajstić information content (AvgIpc) is 3.36. The van der Waals surface area contributed by atoms with Gasteiger partial charge in [-0.1, -0.05) is 48.5 Å². The summed E-state index contributed by atoms with van der Waals surface area (Å²) in [4.78, 5) is 26.1. The minimum absolute atomic E-state index is 0.145. The van der Waals surface area contributed by atoms with Gasteiger partial charge in [-0.05, 0) is 36.1 Å². The molecule has 0 bridgehead atoms. The highest BCUT2D eigenvalue weighted by Gasteiger charge is 2.63. The summed E-state index contributed by atoms with van der Waals surface area (Å²) in [6, 6.07) is 13.4. The molecule has 1 saturated heterocycles. The van der Waals surface area contributed by atoms with Crippen molar-refractivity contribution in [2.24, 2.45) is 0 Å². The number of rotatable bonds is 3. The van der Waals surface area contributed by atoms with Gasteiger partial charge in [0.2, 0.25) is 0 Å². The first kappa shape index (κ1) is 18.3. The van der Waals surface area contributed by atoms with Crippen LogP contribution in [0.5, 0.6) is 0 Å². The molecule has 1 spiro atoms. The summed E-state index contributed by atoms with van der Waals surface area (Å²) in [6.07, 6.45) is -1.96. The molecule has 2 aromatic rings. The van der Waals surface area contributed by atoms with Gasteiger partial charge in [0, 0.05) is 6.08 Å². The predicted octanol–water partition coefficient (Wildman–Crippen LogP) is 4.97. The molecular formula is C21H16F3NO3. The highest BCUT2D eigenvalue weighted by atomic mass is 19.4. The fraction of sp³-hybridized carbons (Fsp3) is 0.238. The monoisotopic (exact) mass is 387 g/mol. The summed E-state index contributed by atoms with van der Waals surface area (Å²) in [5, 5.41) is 0. The zero-order chi connectivity index (χ0) is 19.9. The Hall–Kier alpha value is -3.09. The second-order valence-electron chi connectivity index (χ2n) is 6.87. The molecule has 0 aromatic heterocycles. The van der Waals surface area contributed by atoms with Crippen molar-refractivity contribution in [2.75, 3.05) is 0 Å². The smallest absolute Gasteiger partial charge is 0.418 e. The van der Waals surface area contributed by atoms with Gasteiger partial charge in [0.15, 0.2) is 0 Å². The Morgan fingerprint density at radius 2 is 1.71 bits per heavy atom. The van der Waals surface area contributed by atoms with Crippen LogP contribution >= 0.6 is 0 Å². The number of alkyl halides is 3. The van der Waals surface area contributed by atoms with E-state index in [9.17, 15) is 22.8 Å². The second kappa shape index (κ2) is 6.51. The Bertz CT molecular complexity index is 949. The number of hydrogen-bond donors (Lipinski definition) is 0. The SMILES string of the molecule is O=C(/C=C/c1ccccc1C(F)(F)F)N1C(=O)OC2(CC2)[C@H]1c1ccccc1. The largest absolute Gasteiger partial charge is 0.440 e. The first-order chi connectivity index (χ1) is 13.3. The predicted molar refractivity (Wildman–Crippen MR) is 95.0 cm³/mol. The molecule has 4 nitrogen and oxygen atoms in total. The number of benzene rings is 2. The molecule has 0 radical (unpaired) electrons. The standard InChI is InChI=1S/C21H16F3NO3/c22-21(23,24)16-9-5-4-6-14(16)10-11-17(26)25-18(15-7-2-1-3-8-15)20(12-13-20)28-19(25)27/h1-11,18H,12-13H2/b11-10+/t18-/m1/s1. The van der Waals surface area contributed by atoms with Crippen LogP contribution in [0.4, 0.5) is 18.0 Å². The number of halogens is 3. The highest BCUT2D eigenvalue weighted by molar-refractivity contribution is 6.02. The Labute approximate surface area is 159 Å². The average molecular weight is 387 g/mol. The molecule has 2 aromatic carbocycles. The van der Waals surface area contributed by atoms with Crippen LogP contribution in [0.1, 0.15) is 35.6 Å². The third-order valence-electron chi connectivity index (χ3n) is 5.01. The first-order valence-corrected chi connectivity index (χ1v) is 8.77. The molecule has 1 saturated carbocycles. The third kappa shape index (κ3) is 3.17. The van der Waals surface area contributed by atoms with Crippen molar-refractivity contribution >= 4 is 18.1 Å². The van der Waals surface area contributed by atoms with Crippen molar-refractivity contribution in [3.05, 3.63) is 77.4 Å². The number of imide groups is 1. The van der Waals surface area contributed by atoms with Gasteiger partial charge in [-0.3, -0.25) is 4.79 Å². The number of nitrogens with zero attached hydrogens (tertiary/aromatic N) is 1. The number of carbonyl (C=O) groups excluding carboxylic acids is 2. The Balaban J connectivity index is 1.64. The lowest BCUT2D eigenvalue weighted by atomic mass is 9.99. The molecule has 144 valence electrons. The van der Waals surface area contributed by atoms with E-state index in [0.29, 0.717) is 12.8 Å². The molecule has 7 heteroatoms. The molecule has 1 heterocycles. The summed E-state index contributed by atoms with van der Waals surface area (Å²) in [5.74, 6) is -0.709. The lowest BCUT2D eigenvalue weighted by Gasteiger charge is -2.22. The van der Waals surface area contributed by atoms with E-state index in [1.807, 2.05) is 6.07 Å². The molecule has 28 heavy (non-hydrogen) atoms. The van der Waals surface area contributed by atoms with Crippen LogP contribution in [0.25, 0.3) is 6.08 Å².